The number of aromatic nitrogens is 3. The van der Waals surface area contributed by atoms with Crippen molar-refractivity contribution in [3.8, 4) is 0 Å². The van der Waals surface area contributed by atoms with Crippen molar-refractivity contribution in [2.45, 2.75) is 70.8 Å². The van der Waals surface area contributed by atoms with Crippen LogP contribution in [0.1, 0.15) is 63.5 Å². The highest BCUT2D eigenvalue weighted by molar-refractivity contribution is 5.12. The van der Waals surface area contributed by atoms with Crippen LogP contribution in [0, 0.1) is 6.92 Å². The zero-order valence-electron chi connectivity index (χ0n) is 11.8. The SMILES string of the molecule is CCCn1c(C)nnc1C1(CN)CCCCCC1. The van der Waals surface area contributed by atoms with Gasteiger partial charge in [0.15, 0.2) is 0 Å². The van der Waals surface area contributed by atoms with Crippen LogP contribution in [0.15, 0.2) is 0 Å². The summed E-state index contributed by atoms with van der Waals surface area (Å²) in [7, 11) is 0. The molecule has 1 fully saturated rings. The zero-order valence-corrected chi connectivity index (χ0v) is 11.8. The third-order valence-corrected chi connectivity index (χ3v) is 4.31. The summed E-state index contributed by atoms with van der Waals surface area (Å²) in [5, 5.41) is 8.77. The molecule has 2 N–H and O–H groups in total. The van der Waals surface area contributed by atoms with E-state index in [4.69, 9.17) is 5.73 Å². The molecule has 0 spiro atoms. The first-order valence-electron chi connectivity index (χ1n) is 7.34. The molecule has 4 nitrogen and oxygen atoms in total. The van der Waals surface area contributed by atoms with Crippen molar-refractivity contribution in [3.05, 3.63) is 11.6 Å². The molecule has 0 aliphatic heterocycles. The molecule has 0 unspecified atom stereocenters. The molecule has 0 saturated heterocycles. The monoisotopic (exact) mass is 250 g/mol. The molecule has 2 rings (SSSR count). The summed E-state index contributed by atoms with van der Waals surface area (Å²) in [6.45, 7) is 5.96. The maximum atomic E-state index is 6.13. The van der Waals surface area contributed by atoms with E-state index in [1.807, 2.05) is 6.92 Å². The zero-order chi connectivity index (χ0) is 13.0. The van der Waals surface area contributed by atoms with Gasteiger partial charge in [0.2, 0.25) is 0 Å². The van der Waals surface area contributed by atoms with Gasteiger partial charge in [-0.2, -0.15) is 0 Å². The molecule has 1 saturated carbocycles. The smallest absolute Gasteiger partial charge is 0.140 e. The van der Waals surface area contributed by atoms with E-state index in [1.54, 1.807) is 0 Å². The molecule has 1 heterocycles. The standard InChI is InChI=1S/C14H26N4/c1-3-10-18-12(2)16-17-13(18)14(11-15)8-6-4-5-7-9-14/h3-11,15H2,1-2H3. The van der Waals surface area contributed by atoms with Crippen molar-refractivity contribution in [3.63, 3.8) is 0 Å². The van der Waals surface area contributed by atoms with Crippen LogP contribution in [0.2, 0.25) is 0 Å². The first kappa shape index (κ1) is 13.5. The molecule has 4 heteroatoms. The van der Waals surface area contributed by atoms with Crippen LogP contribution in [0.3, 0.4) is 0 Å². The number of hydrogen-bond acceptors (Lipinski definition) is 3. The average Bonchev–Trinajstić information content (AvgIpc) is 2.63. The van der Waals surface area contributed by atoms with E-state index in [9.17, 15) is 0 Å². The number of aryl methyl sites for hydroxylation is 1. The Bertz CT molecular complexity index is 375. The summed E-state index contributed by atoms with van der Waals surface area (Å²) in [5.41, 5.74) is 6.21. The maximum absolute atomic E-state index is 6.13. The first-order chi connectivity index (χ1) is 8.73. The van der Waals surface area contributed by atoms with Crippen molar-refractivity contribution in [1.29, 1.82) is 0 Å². The Morgan fingerprint density at radius 3 is 2.39 bits per heavy atom. The molecule has 1 aromatic rings. The van der Waals surface area contributed by atoms with E-state index in [-0.39, 0.29) is 5.41 Å². The van der Waals surface area contributed by atoms with Gasteiger partial charge in [-0.15, -0.1) is 10.2 Å². The number of nitrogens with zero attached hydrogens (tertiary/aromatic N) is 3. The van der Waals surface area contributed by atoms with Crippen LogP contribution in [-0.2, 0) is 12.0 Å². The van der Waals surface area contributed by atoms with E-state index >= 15 is 0 Å². The van der Waals surface area contributed by atoms with Crippen molar-refractivity contribution in [2.24, 2.45) is 5.73 Å². The van der Waals surface area contributed by atoms with Gasteiger partial charge in [0, 0.05) is 18.5 Å². The van der Waals surface area contributed by atoms with Gasteiger partial charge in [0.25, 0.3) is 0 Å². The molecular formula is C14H26N4. The molecule has 18 heavy (non-hydrogen) atoms. The lowest BCUT2D eigenvalue weighted by atomic mass is 9.79. The Labute approximate surface area is 110 Å². The Morgan fingerprint density at radius 1 is 1.17 bits per heavy atom. The Balaban J connectivity index is 2.36. The van der Waals surface area contributed by atoms with Gasteiger partial charge in [-0.3, -0.25) is 0 Å². The Kier molecular flexibility index (Phi) is 4.38. The minimum absolute atomic E-state index is 0.0763. The summed E-state index contributed by atoms with van der Waals surface area (Å²) in [6.07, 6.45) is 8.68. The summed E-state index contributed by atoms with van der Waals surface area (Å²) in [5.74, 6) is 2.18. The van der Waals surface area contributed by atoms with Crippen LogP contribution < -0.4 is 5.73 Å². The fraction of sp³-hybridized carbons (Fsp3) is 0.857. The third-order valence-electron chi connectivity index (χ3n) is 4.31. The van der Waals surface area contributed by atoms with Gasteiger partial charge >= 0.3 is 0 Å². The van der Waals surface area contributed by atoms with Crippen LogP contribution in [0.25, 0.3) is 0 Å². The average molecular weight is 250 g/mol. The summed E-state index contributed by atoms with van der Waals surface area (Å²) in [6, 6.07) is 0. The largest absolute Gasteiger partial charge is 0.329 e. The molecule has 0 atom stereocenters. The van der Waals surface area contributed by atoms with Gasteiger partial charge in [-0.1, -0.05) is 32.6 Å². The molecule has 0 bridgehead atoms. The highest BCUT2D eigenvalue weighted by Crippen LogP contribution is 2.36. The highest BCUT2D eigenvalue weighted by Gasteiger charge is 2.36. The summed E-state index contributed by atoms with van der Waals surface area (Å²) < 4.78 is 2.29. The molecule has 0 radical (unpaired) electrons. The van der Waals surface area contributed by atoms with Gasteiger partial charge in [0.1, 0.15) is 11.6 Å². The number of rotatable bonds is 4. The van der Waals surface area contributed by atoms with E-state index in [0.29, 0.717) is 6.54 Å². The normalized spacial score (nSPS) is 19.7. The topological polar surface area (TPSA) is 56.7 Å². The lowest BCUT2D eigenvalue weighted by Crippen LogP contribution is -2.37. The fourth-order valence-corrected chi connectivity index (χ4v) is 3.19. The molecule has 1 aliphatic rings. The van der Waals surface area contributed by atoms with E-state index in [1.165, 1.54) is 38.5 Å². The second-order valence-electron chi connectivity index (χ2n) is 5.62. The first-order valence-corrected chi connectivity index (χ1v) is 7.34. The predicted molar refractivity (Wildman–Crippen MR) is 73.5 cm³/mol. The van der Waals surface area contributed by atoms with Gasteiger partial charge in [-0.05, 0) is 26.2 Å². The highest BCUT2D eigenvalue weighted by atomic mass is 15.3. The molecular weight excluding hydrogens is 224 g/mol. The fourth-order valence-electron chi connectivity index (χ4n) is 3.19. The van der Waals surface area contributed by atoms with Crippen LogP contribution >= 0.6 is 0 Å². The predicted octanol–water partition coefficient (Wildman–Crippen LogP) is 2.55. The number of nitrogens with two attached hydrogens (primary N) is 1. The van der Waals surface area contributed by atoms with Crippen molar-refractivity contribution in [2.75, 3.05) is 6.54 Å². The maximum Gasteiger partial charge on any atom is 0.140 e. The van der Waals surface area contributed by atoms with Crippen LogP contribution in [0.5, 0.6) is 0 Å². The lowest BCUT2D eigenvalue weighted by Gasteiger charge is -2.30. The van der Waals surface area contributed by atoms with Crippen LogP contribution in [-0.4, -0.2) is 21.3 Å². The second kappa shape index (κ2) is 5.83. The van der Waals surface area contributed by atoms with Gasteiger partial charge < -0.3 is 10.3 Å². The van der Waals surface area contributed by atoms with Crippen molar-refractivity contribution in [1.82, 2.24) is 14.8 Å². The van der Waals surface area contributed by atoms with E-state index in [0.717, 1.165) is 24.6 Å². The Morgan fingerprint density at radius 2 is 1.83 bits per heavy atom. The molecule has 1 aromatic heterocycles. The summed E-state index contributed by atoms with van der Waals surface area (Å²) >= 11 is 0. The van der Waals surface area contributed by atoms with Gasteiger partial charge in [-0.25, -0.2) is 0 Å². The third kappa shape index (κ3) is 2.44. The molecule has 1 aliphatic carbocycles. The van der Waals surface area contributed by atoms with Gasteiger partial charge in [0.05, 0.1) is 0 Å². The minimum atomic E-state index is 0.0763. The van der Waals surface area contributed by atoms with Crippen molar-refractivity contribution < 1.29 is 0 Å². The van der Waals surface area contributed by atoms with E-state index < -0.39 is 0 Å². The second-order valence-corrected chi connectivity index (χ2v) is 5.62. The van der Waals surface area contributed by atoms with Crippen LogP contribution in [0.4, 0.5) is 0 Å². The van der Waals surface area contributed by atoms with E-state index in [2.05, 4.69) is 21.7 Å². The lowest BCUT2D eigenvalue weighted by molar-refractivity contribution is 0.341. The minimum Gasteiger partial charge on any atom is -0.329 e. The number of hydrogen-bond donors (Lipinski definition) is 1. The molecule has 102 valence electrons. The quantitative estimate of drug-likeness (QED) is 0.835. The Hall–Kier alpha value is -0.900. The van der Waals surface area contributed by atoms with Crippen molar-refractivity contribution >= 4 is 0 Å². The molecule has 0 aromatic carbocycles. The summed E-state index contributed by atoms with van der Waals surface area (Å²) in [4.78, 5) is 0. The molecule has 0 amide bonds.